The van der Waals surface area contributed by atoms with E-state index in [9.17, 15) is 26.4 Å². The van der Waals surface area contributed by atoms with E-state index in [4.69, 9.17) is 0 Å². The third kappa shape index (κ3) is 4.85. The summed E-state index contributed by atoms with van der Waals surface area (Å²) < 4.78 is 65.4. The number of hydrogen-bond donors (Lipinski definition) is 2. The van der Waals surface area contributed by atoms with Crippen LogP contribution in [-0.2, 0) is 21.0 Å². The SMILES string of the molecule is O=C(NNc1ccccc1C(F)(F)F)C1CCN(S(=O)(=O)c2cccnc2)CC1. The molecule has 29 heavy (non-hydrogen) atoms. The first-order valence-electron chi connectivity index (χ1n) is 8.82. The summed E-state index contributed by atoms with van der Waals surface area (Å²) in [6.07, 6.45) is -1.31. The Bertz CT molecular complexity index is 960. The van der Waals surface area contributed by atoms with Gasteiger partial charge < -0.3 is 0 Å². The Morgan fingerprint density at radius 2 is 1.79 bits per heavy atom. The molecule has 0 unspecified atom stereocenters. The number of nitrogens with zero attached hydrogens (tertiary/aromatic N) is 2. The Labute approximate surface area is 166 Å². The molecule has 2 aromatic rings. The first kappa shape index (κ1) is 21.1. The number of hydrazine groups is 1. The van der Waals surface area contributed by atoms with Crippen molar-refractivity contribution in [3.63, 3.8) is 0 Å². The first-order valence-corrected chi connectivity index (χ1v) is 10.3. The summed E-state index contributed by atoms with van der Waals surface area (Å²) in [5.41, 5.74) is 3.47. The highest BCUT2D eigenvalue weighted by molar-refractivity contribution is 7.89. The van der Waals surface area contributed by atoms with Gasteiger partial charge in [-0.2, -0.15) is 17.5 Å². The summed E-state index contributed by atoms with van der Waals surface area (Å²) in [4.78, 5) is 16.2. The van der Waals surface area contributed by atoms with Gasteiger partial charge in [0.1, 0.15) is 4.90 Å². The minimum atomic E-state index is -4.56. The lowest BCUT2D eigenvalue weighted by molar-refractivity contribution is -0.137. The van der Waals surface area contributed by atoms with Crippen LogP contribution in [0.2, 0.25) is 0 Å². The zero-order valence-corrected chi connectivity index (χ0v) is 16.0. The number of carbonyl (C=O) groups excluding carboxylic acids is 1. The summed E-state index contributed by atoms with van der Waals surface area (Å²) in [5.74, 6) is -0.999. The normalized spacial score (nSPS) is 16.4. The van der Waals surface area contributed by atoms with Crippen molar-refractivity contribution in [1.29, 1.82) is 0 Å². The maximum absolute atomic E-state index is 13.0. The van der Waals surface area contributed by atoms with Crippen LogP contribution in [0.5, 0.6) is 0 Å². The largest absolute Gasteiger partial charge is 0.418 e. The molecule has 1 saturated heterocycles. The molecule has 1 aliphatic heterocycles. The predicted octanol–water partition coefficient (Wildman–Crippen LogP) is 2.64. The van der Waals surface area contributed by atoms with Gasteiger partial charge in [-0.05, 0) is 37.1 Å². The monoisotopic (exact) mass is 428 g/mol. The molecule has 0 radical (unpaired) electrons. The van der Waals surface area contributed by atoms with Gasteiger partial charge in [-0.15, -0.1) is 0 Å². The highest BCUT2D eigenvalue weighted by Crippen LogP contribution is 2.34. The van der Waals surface area contributed by atoms with Crippen molar-refractivity contribution in [2.45, 2.75) is 23.9 Å². The van der Waals surface area contributed by atoms with Crippen molar-refractivity contribution in [3.8, 4) is 0 Å². The maximum Gasteiger partial charge on any atom is 0.418 e. The minimum Gasteiger partial charge on any atom is -0.298 e. The molecule has 0 bridgehead atoms. The van der Waals surface area contributed by atoms with E-state index in [1.165, 1.54) is 47.0 Å². The fourth-order valence-electron chi connectivity index (χ4n) is 3.08. The molecule has 7 nitrogen and oxygen atoms in total. The molecule has 0 aliphatic carbocycles. The van der Waals surface area contributed by atoms with E-state index in [1.54, 1.807) is 0 Å². The molecule has 156 valence electrons. The number of halogens is 3. The summed E-state index contributed by atoms with van der Waals surface area (Å²) >= 11 is 0. The number of rotatable bonds is 5. The van der Waals surface area contributed by atoms with Crippen molar-refractivity contribution >= 4 is 21.6 Å². The average Bonchev–Trinajstić information content (AvgIpc) is 2.72. The standard InChI is InChI=1S/C18H19F3N4O3S/c19-18(20,21)15-5-1-2-6-16(15)23-24-17(26)13-7-10-25(11-8-13)29(27,28)14-4-3-9-22-12-14/h1-6,9,12-13,23H,7-8,10-11H2,(H,24,26). The average molecular weight is 428 g/mol. The van der Waals surface area contributed by atoms with Gasteiger partial charge in [0.05, 0.1) is 11.3 Å². The number of amides is 1. The lowest BCUT2D eigenvalue weighted by Gasteiger charge is -2.30. The molecule has 1 fully saturated rings. The molecule has 0 atom stereocenters. The van der Waals surface area contributed by atoms with Gasteiger partial charge in [0.15, 0.2) is 0 Å². The molecule has 11 heteroatoms. The van der Waals surface area contributed by atoms with Crippen LogP contribution < -0.4 is 10.9 Å². The second-order valence-electron chi connectivity index (χ2n) is 6.52. The second kappa shape index (κ2) is 8.37. The molecule has 2 N–H and O–H groups in total. The van der Waals surface area contributed by atoms with Crippen molar-refractivity contribution in [2.75, 3.05) is 18.5 Å². The zero-order chi connectivity index (χ0) is 21.1. The van der Waals surface area contributed by atoms with Gasteiger partial charge in [0.25, 0.3) is 0 Å². The smallest absolute Gasteiger partial charge is 0.298 e. The summed E-state index contributed by atoms with van der Waals surface area (Å²) in [5, 5.41) is 0. The molecule has 1 aromatic heterocycles. The number of sulfonamides is 1. The van der Waals surface area contributed by atoms with Crippen LogP contribution in [0.25, 0.3) is 0 Å². The Morgan fingerprint density at radius 1 is 1.10 bits per heavy atom. The second-order valence-corrected chi connectivity index (χ2v) is 8.46. The van der Waals surface area contributed by atoms with Crippen LogP contribution in [0.15, 0.2) is 53.7 Å². The molecular formula is C18H19F3N4O3S. The Balaban J connectivity index is 1.58. The third-order valence-corrected chi connectivity index (χ3v) is 6.53. The molecule has 0 saturated carbocycles. The number of para-hydroxylation sites is 1. The number of piperidine rings is 1. The Kier molecular flexibility index (Phi) is 6.08. The maximum atomic E-state index is 13.0. The van der Waals surface area contributed by atoms with Crippen LogP contribution in [-0.4, -0.2) is 36.7 Å². The number of pyridine rings is 1. The van der Waals surface area contributed by atoms with E-state index in [1.807, 2.05) is 0 Å². The number of anilines is 1. The van der Waals surface area contributed by atoms with Crippen molar-refractivity contribution in [1.82, 2.24) is 14.7 Å². The zero-order valence-electron chi connectivity index (χ0n) is 15.2. The van der Waals surface area contributed by atoms with E-state index in [-0.39, 0.29) is 36.5 Å². The van der Waals surface area contributed by atoms with Gasteiger partial charge >= 0.3 is 6.18 Å². The van der Waals surface area contributed by atoms with Gasteiger partial charge in [0, 0.05) is 31.4 Å². The molecule has 1 aliphatic rings. The highest BCUT2D eigenvalue weighted by Gasteiger charge is 2.34. The number of carbonyl (C=O) groups is 1. The fraction of sp³-hybridized carbons (Fsp3) is 0.333. The highest BCUT2D eigenvalue weighted by atomic mass is 32.2. The summed E-state index contributed by atoms with van der Waals surface area (Å²) in [7, 11) is -3.69. The van der Waals surface area contributed by atoms with Gasteiger partial charge in [0.2, 0.25) is 15.9 Å². The number of nitrogens with one attached hydrogen (secondary N) is 2. The first-order chi connectivity index (χ1) is 13.7. The Hall–Kier alpha value is -2.66. The van der Waals surface area contributed by atoms with Crippen LogP contribution in [0, 0.1) is 5.92 Å². The van der Waals surface area contributed by atoms with Crippen molar-refractivity contribution in [3.05, 3.63) is 54.4 Å². The molecule has 1 aromatic carbocycles. The van der Waals surface area contributed by atoms with Crippen LogP contribution in [0.4, 0.5) is 18.9 Å². The summed E-state index contributed by atoms with van der Waals surface area (Å²) in [6.45, 7) is 0.267. The van der Waals surface area contributed by atoms with Crippen LogP contribution >= 0.6 is 0 Å². The van der Waals surface area contributed by atoms with E-state index in [0.717, 1.165) is 6.07 Å². The van der Waals surface area contributed by atoms with Gasteiger partial charge in [-0.25, -0.2) is 8.42 Å². The molecular weight excluding hydrogens is 409 g/mol. The summed E-state index contributed by atoms with van der Waals surface area (Å²) in [6, 6.07) is 7.78. The number of hydrogen-bond acceptors (Lipinski definition) is 5. The lowest BCUT2D eigenvalue weighted by Crippen LogP contribution is -2.44. The quantitative estimate of drug-likeness (QED) is 0.715. The van der Waals surface area contributed by atoms with E-state index in [0.29, 0.717) is 0 Å². The molecule has 2 heterocycles. The molecule has 3 rings (SSSR count). The van der Waals surface area contributed by atoms with Crippen molar-refractivity contribution < 1.29 is 26.4 Å². The topological polar surface area (TPSA) is 91.4 Å². The number of aromatic nitrogens is 1. The third-order valence-electron chi connectivity index (χ3n) is 4.65. The molecule has 1 amide bonds. The molecule has 0 spiro atoms. The fourth-order valence-corrected chi connectivity index (χ4v) is 4.51. The van der Waals surface area contributed by atoms with E-state index < -0.39 is 33.6 Å². The minimum absolute atomic E-state index is 0.0772. The van der Waals surface area contributed by atoms with E-state index in [2.05, 4.69) is 15.8 Å². The van der Waals surface area contributed by atoms with E-state index >= 15 is 0 Å². The van der Waals surface area contributed by atoms with Crippen molar-refractivity contribution in [2.24, 2.45) is 5.92 Å². The van der Waals surface area contributed by atoms with Crippen LogP contribution in [0.3, 0.4) is 0 Å². The van der Waals surface area contributed by atoms with Gasteiger partial charge in [-0.3, -0.25) is 20.6 Å². The Morgan fingerprint density at radius 3 is 2.41 bits per heavy atom. The number of alkyl halides is 3. The van der Waals surface area contributed by atoms with Gasteiger partial charge in [-0.1, -0.05) is 12.1 Å². The lowest BCUT2D eigenvalue weighted by atomic mass is 9.97. The van der Waals surface area contributed by atoms with Crippen LogP contribution in [0.1, 0.15) is 18.4 Å². The predicted molar refractivity (Wildman–Crippen MR) is 98.9 cm³/mol. The number of benzene rings is 1.